The summed E-state index contributed by atoms with van der Waals surface area (Å²) in [5.41, 5.74) is 3.38. The molecule has 5 rings (SSSR count). The fraction of sp³-hybridized carbons (Fsp3) is 0.231. The molecule has 0 atom stereocenters. The summed E-state index contributed by atoms with van der Waals surface area (Å²) in [6.07, 6.45) is 3.40. The standard InChI is InChI=1S/C26H24FN3O2/c1-29(30-15-5-2-6-16-30)26(31)19-11-14-24-22(17-19)28-25(18-9-12-20(27)13-10-18)21-7-3-4-8-23(21)32-24/h3-4,7-14,17H,2,5-6,15-16H2,1H3. The Morgan fingerprint density at radius 2 is 1.72 bits per heavy atom. The minimum Gasteiger partial charge on any atom is -0.454 e. The van der Waals surface area contributed by atoms with Crippen LogP contribution in [0.25, 0.3) is 0 Å². The smallest absolute Gasteiger partial charge is 0.267 e. The summed E-state index contributed by atoms with van der Waals surface area (Å²) in [5, 5.41) is 3.80. The van der Waals surface area contributed by atoms with Crippen molar-refractivity contribution in [3.63, 3.8) is 0 Å². The maximum absolute atomic E-state index is 13.5. The lowest BCUT2D eigenvalue weighted by atomic mass is 10.0. The third-order valence-corrected chi connectivity index (χ3v) is 5.97. The molecule has 2 aliphatic heterocycles. The number of aliphatic imine (C=N–C) groups is 1. The molecule has 0 aliphatic carbocycles. The van der Waals surface area contributed by atoms with E-state index in [9.17, 15) is 9.18 Å². The highest BCUT2D eigenvalue weighted by Gasteiger charge is 2.24. The number of carbonyl (C=O) groups is 1. The lowest BCUT2D eigenvalue weighted by Crippen LogP contribution is -2.46. The first kappa shape index (κ1) is 20.4. The van der Waals surface area contributed by atoms with Gasteiger partial charge < -0.3 is 4.74 Å². The van der Waals surface area contributed by atoms with Crippen LogP contribution in [0.4, 0.5) is 10.1 Å². The second-order valence-electron chi connectivity index (χ2n) is 8.09. The Balaban J connectivity index is 1.56. The summed E-state index contributed by atoms with van der Waals surface area (Å²) in [5.74, 6) is 0.863. The van der Waals surface area contributed by atoms with Crippen molar-refractivity contribution in [2.24, 2.45) is 4.99 Å². The zero-order chi connectivity index (χ0) is 22.1. The number of amides is 1. The van der Waals surface area contributed by atoms with Gasteiger partial charge in [-0.15, -0.1) is 0 Å². The summed E-state index contributed by atoms with van der Waals surface area (Å²) in [4.78, 5) is 18.1. The Morgan fingerprint density at radius 1 is 0.969 bits per heavy atom. The largest absolute Gasteiger partial charge is 0.454 e. The van der Waals surface area contributed by atoms with Crippen molar-refractivity contribution >= 4 is 17.3 Å². The van der Waals surface area contributed by atoms with E-state index in [1.807, 2.05) is 31.3 Å². The van der Waals surface area contributed by atoms with Crippen LogP contribution in [0.5, 0.6) is 11.5 Å². The molecule has 3 aromatic carbocycles. The zero-order valence-electron chi connectivity index (χ0n) is 17.9. The molecule has 0 unspecified atom stereocenters. The Hall–Kier alpha value is -3.51. The number of carbonyl (C=O) groups excluding carboxylic acids is 1. The summed E-state index contributed by atoms with van der Waals surface area (Å²) in [6.45, 7) is 1.77. The van der Waals surface area contributed by atoms with Gasteiger partial charge in [0.1, 0.15) is 17.3 Å². The molecule has 2 aliphatic rings. The molecule has 6 heteroatoms. The van der Waals surface area contributed by atoms with Crippen LogP contribution in [-0.2, 0) is 0 Å². The van der Waals surface area contributed by atoms with E-state index in [-0.39, 0.29) is 11.7 Å². The predicted octanol–water partition coefficient (Wildman–Crippen LogP) is 5.57. The molecule has 1 fully saturated rings. The lowest BCUT2D eigenvalue weighted by molar-refractivity contribution is -0.00497. The molecule has 0 spiro atoms. The number of halogens is 1. The molecule has 32 heavy (non-hydrogen) atoms. The quantitative estimate of drug-likeness (QED) is 0.427. The van der Waals surface area contributed by atoms with Gasteiger partial charge in [0, 0.05) is 36.8 Å². The first-order valence-corrected chi connectivity index (χ1v) is 10.9. The molecule has 1 saturated heterocycles. The first-order valence-electron chi connectivity index (χ1n) is 10.9. The fourth-order valence-corrected chi connectivity index (χ4v) is 4.19. The number of hydrogen-bond donors (Lipinski definition) is 0. The molecule has 162 valence electrons. The molecular formula is C26H24FN3O2. The molecule has 2 heterocycles. The van der Waals surface area contributed by atoms with Gasteiger partial charge in [-0.2, -0.15) is 0 Å². The number of rotatable bonds is 3. The second-order valence-corrected chi connectivity index (χ2v) is 8.09. The second kappa shape index (κ2) is 8.55. The molecule has 0 bridgehead atoms. The van der Waals surface area contributed by atoms with E-state index >= 15 is 0 Å². The third-order valence-electron chi connectivity index (χ3n) is 5.97. The number of hydrazine groups is 1. The summed E-state index contributed by atoms with van der Waals surface area (Å²) >= 11 is 0. The van der Waals surface area contributed by atoms with Gasteiger partial charge in [-0.05, 0) is 67.4 Å². The molecule has 1 amide bonds. The van der Waals surface area contributed by atoms with Crippen molar-refractivity contribution in [2.45, 2.75) is 19.3 Å². The van der Waals surface area contributed by atoms with Crippen molar-refractivity contribution < 1.29 is 13.9 Å². The van der Waals surface area contributed by atoms with Gasteiger partial charge in [-0.1, -0.05) is 18.6 Å². The van der Waals surface area contributed by atoms with Crippen LogP contribution >= 0.6 is 0 Å². The van der Waals surface area contributed by atoms with Crippen LogP contribution in [0.1, 0.15) is 40.7 Å². The number of benzene rings is 3. The highest BCUT2D eigenvalue weighted by atomic mass is 19.1. The highest BCUT2D eigenvalue weighted by molar-refractivity contribution is 6.16. The number of hydrogen-bond acceptors (Lipinski definition) is 4. The maximum atomic E-state index is 13.5. The van der Waals surface area contributed by atoms with E-state index in [2.05, 4.69) is 5.01 Å². The van der Waals surface area contributed by atoms with E-state index in [0.717, 1.165) is 37.1 Å². The van der Waals surface area contributed by atoms with Crippen molar-refractivity contribution in [1.82, 2.24) is 10.0 Å². The maximum Gasteiger partial charge on any atom is 0.267 e. The van der Waals surface area contributed by atoms with Gasteiger partial charge in [0.25, 0.3) is 5.91 Å². The van der Waals surface area contributed by atoms with Crippen molar-refractivity contribution in [3.05, 3.63) is 89.2 Å². The molecule has 0 N–H and O–H groups in total. The molecule has 0 aromatic heterocycles. The third kappa shape index (κ3) is 3.89. The van der Waals surface area contributed by atoms with Crippen LogP contribution < -0.4 is 4.74 Å². The molecule has 0 radical (unpaired) electrons. The Kier molecular flexibility index (Phi) is 5.45. The normalized spacial score (nSPS) is 15.6. The summed E-state index contributed by atoms with van der Waals surface area (Å²) < 4.78 is 19.7. The van der Waals surface area contributed by atoms with Crippen LogP contribution in [0.15, 0.2) is 71.7 Å². The molecule has 3 aromatic rings. The van der Waals surface area contributed by atoms with Gasteiger partial charge in [0.15, 0.2) is 5.75 Å². The van der Waals surface area contributed by atoms with Gasteiger partial charge in [0.05, 0.1) is 5.71 Å². The van der Waals surface area contributed by atoms with Gasteiger partial charge in [-0.25, -0.2) is 14.4 Å². The number of ether oxygens (including phenoxy) is 1. The minimum absolute atomic E-state index is 0.0741. The van der Waals surface area contributed by atoms with Crippen molar-refractivity contribution in [1.29, 1.82) is 0 Å². The SMILES string of the molecule is CN(C(=O)c1ccc2c(c1)N=C(c1ccc(F)cc1)c1ccccc1O2)N1CCCCC1. The Labute approximate surface area is 186 Å². The van der Waals surface area contributed by atoms with Gasteiger partial charge >= 0.3 is 0 Å². The summed E-state index contributed by atoms with van der Waals surface area (Å²) in [7, 11) is 1.82. The van der Waals surface area contributed by atoms with Crippen LogP contribution in [0.3, 0.4) is 0 Å². The number of fused-ring (bicyclic) bond motifs is 2. The first-order chi connectivity index (χ1) is 15.6. The average Bonchev–Trinajstić information content (AvgIpc) is 3.00. The molecular weight excluding hydrogens is 405 g/mol. The minimum atomic E-state index is -0.304. The molecule has 5 nitrogen and oxygen atoms in total. The van der Waals surface area contributed by atoms with Gasteiger partial charge in [-0.3, -0.25) is 9.80 Å². The average molecular weight is 429 g/mol. The zero-order valence-corrected chi connectivity index (χ0v) is 17.9. The van der Waals surface area contributed by atoms with Crippen molar-refractivity contribution in [3.8, 4) is 11.5 Å². The fourth-order valence-electron chi connectivity index (χ4n) is 4.19. The van der Waals surface area contributed by atoms with Crippen LogP contribution in [0.2, 0.25) is 0 Å². The lowest BCUT2D eigenvalue weighted by Gasteiger charge is -2.34. The number of nitrogens with zero attached hydrogens (tertiary/aromatic N) is 3. The summed E-state index contributed by atoms with van der Waals surface area (Å²) in [6, 6.07) is 19.2. The van der Waals surface area contributed by atoms with Gasteiger partial charge in [0.2, 0.25) is 0 Å². The monoisotopic (exact) mass is 429 g/mol. The van der Waals surface area contributed by atoms with E-state index in [4.69, 9.17) is 9.73 Å². The molecule has 0 saturated carbocycles. The Bertz CT molecular complexity index is 1180. The van der Waals surface area contributed by atoms with E-state index in [1.165, 1.54) is 18.6 Å². The van der Waals surface area contributed by atoms with E-state index < -0.39 is 0 Å². The number of para-hydroxylation sites is 1. The predicted molar refractivity (Wildman–Crippen MR) is 122 cm³/mol. The van der Waals surface area contributed by atoms with Crippen molar-refractivity contribution in [2.75, 3.05) is 20.1 Å². The van der Waals surface area contributed by atoms with Crippen LogP contribution in [0, 0.1) is 5.82 Å². The topological polar surface area (TPSA) is 45.1 Å². The highest BCUT2D eigenvalue weighted by Crippen LogP contribution is 2.39. The van der Waals surface area contributed by atoms with E-state index in [1.54, 1.807) is 35.3 Å². The Morgan fingerprint density at radius 3 is 2.50 bits per heavy atom. The van der Waals surface area contributed by atoms with Crippen LogP contribution in [-0.4, -0.2) is 41.8 Å². The van der Waals surface area contributed by atoms with E-state index in [0.29, 0.717) is 28.5 Å². The number of piperidine rings is 1.